The van der Waals surface area contributed by atoms with E-state index in [2.05, 4.69) is 59.5 Å². The minimum absolute atomic E-state index is 0.702. The van der Waals surface area contributed by atoms with E-state index in [0.717, 1.165) is 6.04 Å². The largest absolute Gasteiger partial charge is 0.300 e. The third-order valence-electron chi connectivity index (χ3n) is 6.10. The van der Waals surface area contributed by atoms with Gasteiger partial charge in [-0.05, 0) is 73.5 Å². The van der Waals surface area contributed by atoms with Gasteiger partial charge in [-0.2, -0.15) is 0 Å². The maximum Gasteiger partial charge on any atom is 0.0201 e. The smallest absolute Gasteiger partial charge is 0.0201 e. The van der Waals surface area contributed by atoms with Gasteiger partial charge in [0.15, 0.2) is 0 Å². The summed E-state index contributed by atoms with van der Waals surface area (Å²) < 4.78 is 0. The van der Waals surface area contributed by atoms with E-state index in [1.165, 1.54) is 71.7 Å². The normalized spacial score (nSPS) is 25.7. The van der Waals surface area contributed by atoms with Gasteiger partial charge in [0.1, 0.15) is 0 Å². The number of fused-ring (bicyclic) bond motifs is 3. The first-order chi connectivity index (χ1) is 12.4. The Morgan fingerprint density at radius 2 is 1.48 bits per heavy atom. The van der Waals surface area contributed by atoms with Crippen molar-refractivity contribution in [1.29, 1.82) is 0 Å². The third-order valence-corrected chi connectivity index (χ3v) is 7.25. The number of rotatable bonds is 1. The fraction of sp³-hybridized carbons (Fsp3) is 0.391. The summed E-state index contributed by atoms with van der Waals surface area (Å²) in [5.41, 5.74) is 4.33. The highest BCUT2D eigenvalue weighted by Crippen LogP contribution is 2.46. The van der Waals surface area contributed by atoms with Gasteiger partial charge in [-0.25, -0.2) is 0 Å². The second-order valence-corrected chi connectivity index (χ2v) is 8.66. The Kier molecular flexibility index (Phi) is 4.19. The van der Waals surface area contributed by atoms with Gasteiger partial charge in [-0.1, -0.05) is 60.7 Å². The van der Waals surface area contributed by atoms with Gasteiger partial charge in [0.05, 0.1) is 0 Å². The van der Waals surface area contributed by atoms with E-state index in [9.17, 15) is 0 Å². The van der Waals surface area contributed by atoms with Gasteiger partial charge in [-0.15, -0.1) is 0 Å². The molecule has 0 unspecified atom stereocenters. The van der Waals surface area contributed by atoms with Crippen LogP contribution in [0.4, 0.5) is 0 Å². The molecule has 2 heteroatoms. The average molecular weight is 348 g/mol. The van der Waals surface area contributed by atoms with Crippen LogP contribution in [0.1, 0.15) is 43.2 Å². The van der Waals surface area contributed by atoms with Crippen LogP contribution in [-0.2, 0) is 0 Å². The summed E-state index contributed by atoms with van der Waals surface area (Å²) in [7, 11) is 0. The van der Waals surface area contributed by atoms with Crippen LogP contribution in [0, 0.1) is 5.92 Å². The molecule has 0 aliphatic carbocycles. The molecule has 3 heterocycles. The molecule has 2 aromatic carbocycles. The van der Waals surface area contributed by atoms with E-state index in [0.29, 0.717) is 5.92 Å². The van der Waals surface area contributed by atoms with E-state index < -0.39 is 0 Å². The summed E-state index contributed by atoms with van der Waals surface area (Å²) in [6.45, 7) is 2.63. The van der Waals surface area contributed by atoms with Crippen LogP contribution in [0.25, 0.3) is 5.57 Å². The van der Waals surface area contributed by atoms with Crippen molar-refractivity contribution in [2.75, 3.05) is 13.1 Å². The quantitative estimate of drug-likeness (QED) is 0.543. The zero-order chi connectivity index (χ0) is 16.6. The monoisotopic (exact) mass is 347 g/mol. The van der Waals surface area contributed by atoms with Crippen molar-refractivity contribution >= 4 is 17.3 Å². The number of benzene rings is 2. The fourth-order valence-corrected chi connectivity index (χ4v) is 6.02. The molecule has 128 valence electrons. The van der Waals surface area contributed by atoms with Crippen LogP contribution in [0.5, 0.6) is 0 Å². The van der Waals surface area contributed by atoms with Gasteiger partial charge in [-0.3, -0.25) is 4.90 Å². The highest BCUT2D eigenvalue weighted by atomic mass is 32.2. The Bertz CT molecular complexity index is 760. The lowest BCUT2D eigenvalue weighted by Crippen LogP contribution is -2.47. The van der Waals surface area contributed by atoms with Crippen LogP contribution >= 0.6 is 11.8 Å². The molecule has 25 heavy (non-hydrogen) atoms. The SMILES string of the molecule is C(=C1c2ccccc2Sc2ccccc21)[C@H]1CCCN2CCCC[C@H]12. The third kappa shape index (κ3) is 2.86. The molecule has 3 aliphatic rings. The van der Waals surface area contributed by atoms with Crippen molar-refractivity contribution in [2.45, 2.75) is 47.9 Å². The number of nitrogens with zero attached hydrogens (tertiary/aromatic N) is 1. The second kappa shape index (κ2) is 6.66. The molecular weight excluding hydrogens is 322 g/mol. The van der Waals surface area contributed by atoms with Crippen molar-refractivity contribution in [3.8, 4) is 0 Å². The fourth-order valence-electron chi connectivity index (χ4n) is 4.91. The lowest BCUT2D eigenvalue weighted by Gasteiger charge is -2.44. The first-order valence-corrected chi connectivity index (χ1v) is 10.5. The maximum absolute atomic E-state index is 2.77. The van der Waals surface area contributed by atoms with Crippen LogP contribution in [-0.4, -0.2) is 24.0 Å². The van der Waals surface area contributed by atoms with E-state index in [1.54, 1.807) is 0 Å². The van der Waals surface area contributed by atoms with Crippen molar-refractivity contribution in [1.82, 2.24) is 4.90 Å². The Morgan fingerprint density at radius 1 is 0.800 bits per heavy atom. The van der Waals surface area contributed by atoms with Gasteiger partial charge < -0.3 is 0 Å². The molecule has 2 aromatic rings. The van der Waals surface area contributed by atoms with Crippen LogP contribution < -0.4 is 0 Å². The molecule has 0 amide bonds. The topological polar surface area (TPSA) is 3.24 Å². The maximum atomic E-state index is 2.77. The first-order valence-electron chi connectivity index (χ1n) is 9.73. The zero-order valence-corrected chi connectivity index (χ0v) is 15.5. The minimum atomic E-state index is 0.702. The van der Waals surface area contributed by atoms with Gasteiger partial charge >= 0.3 is 0 Å². The van der Waals surface area contributed by atoms with Crippen molar-refractivity contribution in [3.63, 3.8) is 0 Å². The van der Waals surface area contributed by atoms with Crippen molar-refractivity contribution in [3.05, 3.63) is 65.7 Å². The van der Waals surface area contributed by atoms with Crippen LogP contribution in [0.3, 0.4) is 0 Å². The predicted molar refractivity (Wildman–Crippen MR) is 106 cm³/mol. The minimum Gasteiger partial charge on any atom is -0.300 e. The van der Waals surface area contributed by atoms with Gasteiger partial charge in [0.25, 0.3) is 0 Å². The highest BCUT2D eigenvalue weighted by Gasteiger charge is 2.33. The number of hydrogen-bond acceptors (Lipinski definition) is 2. The number of piperidine rings is 2. The number of hydrogen-bond donors (Lipinski definition) is 0. The molecular formula is C23H25NS. The van der Waals surface area contributed by atoms with E-state index in [4.69, 9.17) is 0 Å². The molecule has 1 nitrogen and oxygen atoms in total. The van der Waals surface area contributed by atoms with E-state index in [1.807, 2.05) is 11.8 Å². The molecule has 0 aromatic heterocycles. The van der Waals surface area contributed by atoms with E-state index in [-0.39, 0.29) is 0 Å². The summed E-state index contributed by atoms with van der Waals surface area (Å²) >= 11 is 1.92. The summed E-state index contributed by atoms with van der Waals surface area (Å²) in [6, 6.07) is 18.7. The standard InChI is InChI=1S/C23H25NS/c1-3-12-22-18(9-1)20(19-10-2-4-13-23(19)25-22)16-17-8-7-15-24-14-6-5-11-21(17)24/h1-4,9-10,12-13,16-17,21H,5-8,11,14-15H2/t17-,21-/m1/s1. The van der Waals surface area contributed by atoms with E-state index >= 15 is 0 Å². The lowest BCUT2D eigenvalue weighted by molar-refractivity contribution is 0.0786. The van der Waals surface area contributed by atoms with Gasteiger partial charge in [0.2, 0.25) is 0 Å². The second-order valence-electron chi connectivity index (χ2n) is 7.58. The Labute approximate surface area is 155 Å². The Hall–Kier alpha value is -1.51. The molecule has 0 N–H and O–H groups in total. The Balaban J connectivity index is 1.59. The first kappa shape index (κ1) is 15.7. The van der Waals surface area contributed by atoms with Gasteiger partial charge in [0, 0.05) is 15.8 Å². The average Bonchev–Trinajstić information content (AvgIpc) is 2.68. The highest BCUT2D eigenvalue weighted by molar-refractivity contribution is 7.99. The molecule has 0 spiro atoms. The van der Waals surface area contributed by atoms with Crippen molar-refractivity contribution in [2.24, 2.45) is 5.92 Å². The molecule has 2 saturated heterocycles. The van der Waals surface area contributed by atoms with Crippen LogP contribution in [0.2, 0.25) is 0 Å². The summed E-state index contributed by atoms with van der Waals surface area (Å²) in [6.07, 6.45) is 9.52. The molecule has 5 rings (SSSR count). The van der Waals surface area contributed by atoms with Crippen molar-refractivity contribution < 1.29 is 0 Å². The molecule has 3 aliphatic heterocycles. The summed E-state index contributed by atoms with van der Waals surface area (Å²) in [5.74, 6) is 0.702. The molecule has 2 fully saturated rings. The van der Waals surface area contributed by atoms with Crippen LogP contribution in [0.15, 0.2) is 64.4 Å². The predicted octanol–water partition coefficient (Wildman–Crippen LogP) is 5.85. The summed E-state index contributed by atoms with van der Waals surface area (Å²) in [4.78, 5) is 5.58. The molecule has 0 saturated carbocycles. The molecule has 0 bridgehead atoms. The molecule has 0 radical (unpaired) electrons. The lowest BCUT2D eigenvalue weighted by atomic mass is 9.81. The summed E-state index contributed by atoms with van der Waals surface area (Å²) in [5, 5.41) is 0. The zero-order valence-electron chi connectivity index (χ0n) is 14.7. The molecule has 2 atom stereocenters. The Morgan fingerprint density at radius 3 is 2.24 bits per heavy atom.